The van der Waals surface area contributed by atoms with Crippen molar-refractivity contribution < 1.29 is 9.15 Å². The number of hydrogen-bond acceptors (Lipinski definition) is 8. The average molecular weight is 504 g/mol. The van der Waals surface area contributed by atoms with Gasteiger partial charge in [0.1, 0.15) is 23.6 Å². The number of ether oxygens (including phenoxy) is 1. The highest BCUT2D eigenvalue weighted by atomic mass is 35.5. The number of hydrogen-bond donors (Lipinski definition) is 1. The molecule has 33 heavy (non-hydrogen) atoms. The Labute approximate surface area is 201 Å². The Balaban J connectivity index is 1.60. The van der Waals surface area contributed by atoms with E-state index in [0.717, 1.165) is 29.2 Å². The Bertz CT molecular complexity index is 1350. The molecule has 4 aromatic rings. The zero-order valence-corrected chi connectivity index (χ0v) is 21.6. The van der Waals surface area contributed by atoms with E-state index >= 15 is 0 Å². The molecule has 4 heterocycles. The monoisotopic (exact) mass is 503 g/mol. The molecule has 0 atom stereocenters. The second kappa shape index (κ2) is 9.84. The van der Waals surface area contributed by atoms with Gasteiger partial charge in [0.25, 0.3) is 0 Å². The van der Waals surface area contributed by atoms with Crippen molar-refractivity contribution in [1.82, 2.24) is 19.5 Å². The predicted molar refractivity (Wildman–Crippen MR) is 136 cm³/mol. The zero-order valence-electron chi connectivity index (χ0n) is 19.0. The Kier molecular flexibility index (Phi) is 7.08. The molecule has 0 saturated heterocycles. The topological polar surface area (TPSA) is 95.1 Å². The molecule has 0 fully saturated rings. The lowest BCUT2D eigenvalue weighted by Crippen LogP contribution is -2.22. The Hall–Kier alpha value is -2.40. The molecule has 0 aliphatic carbocycles. The maximum absolute atomic E-state index is 12.5. The van der Waals surface area contributed by atoms with E-state index in [1.54, 1.807) is 6.20 Å². The van der Waals surface area contributed by atoms with Crippen LogP contribution in [-0.2, 0) is 18.0 Å². The molecule has 1 N–H and O–H groups in total. The summed E-state index contributed by atoms with van der Waals surface area (Å²) < 4.78 is 13.0. The fourth-order valence-electron chi connectivity index (χ4n) is 3.41. The Morgan fingerprint density at radius 1 is 1.30 bits per heavy atom. The molecule has 174 valence electrons. The summed E-state index contributed by atoms with van der Waals surface area (Å²) in [7, 11) is -1.15. The molecule has 0 unspecified atom stereocenters. The number of rotatable bonds is 9. The van der Waals surface area contributed by atoms with E-state index in [1.165, 1.54) is 17.8 Å². The third-order valence-electron chi connectivity index (χ3n) is 5.13. The summed E-state index contributed by atoms with van der Waals surface area (Å²) >= 11 is 7.30. The lowest BCUT2D eigenvalue weighted by atomic mass is 10.2. The number of thioether (sulfide) groups is 1. The van der Waals surface area contributed by atoms with Crippen molar-refractivity contribution >= 4 is 59.2 Å². The van der Waals surface area contributed by atoms with Crippen LogP contribution in [0.5, 0.6) is 0 Å². The number of pyridine rings is 1. The van der Waals surface area contributed by atoms with Crippen LogP contribution in [0.2, 0.25) is 30.9 Å². The van der Waals surface area contributed by atoms with E-state index in [2.05, 4.69) is 39.9 Å². The standard InChI is InChI=1S/C22H26ClN5O3SSi/c1-32-22-26-16-10-17(23)31-21(29)18(16)19(27-22)25-11-14-12-28(13-30-8-9-33(2,3)4)20-15(14)6-5-7-24-20/h5-7,10,12H,8-9,11,13H2,1-4H3,(H,25,26,27). The molecule has 0 aliphatic rings. The van der Waals surface area contributed by atoms with Gasteiger partial charge in [-0.2, -0.15) is 0 Å². The second-order valence-electron chi connectivity index (χ2n) is 8.86. The molecule has 0 aliphatic heterocycles. The lowest BCUT2D eigenvalue weighted by molar-refractivity contribution is 0.0898. The first-order valence-electron chi connectivity index (χ1n) is 10.5. The molecule has 0 aromatic carbocycles. The minimum Gasteiger partial charge on any atom is -0.410 e. The van der Waals surface area contributed by atoms with Crippen molar-refractivity contribution in [2.75, 3.05) is 18.2 Å². The summed E-state index contributed by atoms with van der Waals surface area (Å²) in [5.74, 6) is 0.408. The number of halogens is 1. The van der Waals surface area contributed by atoms with Crippen LogP contribution in [0.25, 0.3) is 21.9 Å². The molecule has 11 heteroatoms. The number of nitrogens with zero attached hydrogens (tertiary/aromatic N) is 4. The van der Waals surface area contributed by atoms with Gasteiger partial charge < -0.3 is 19.0 Å². The largest absolute Gasteiger partial charge is 0.410 e. The fraction of sp³-hybridized carbons (Fsp3) is 0.364. The van der Waals surface area contributed by atoms with Gasteiger partial charge in [-0.05, 0) is 41.6 Å². The van der Waals surface area contributed by atoms with E-state index in [4.69, 9.17) is 20.8 Å². The van der Waals surface area contributed by atoms with Crippen molar-refractivity contribution in [3.63, 3.8) is 0 Å². The molecule has 0 bridgehead atoms. The fourth-order valence-corrected chi connectivity index (χ4v) is 4.72. The normalized spacial score (nSPS) is 12.0. The highest BCUT2D eigenvalue weighted by Gasteiger charge is 2.16. The van der Waals surface area contributed by atoms with Gasteiger partial charge >= 0.3 is 5.63 Å². The Morgan fingerprint density at radius 2 is 2.12 bits per heavy atom. The number of nitrogens with one attached hydrogen (secondary N) is 1. The second-order valence-corrected chi connectivity index (χ2v) is 15.6. The van der Waals surface area contributed by atoms with E-state index in [0.29, 0.717) is 29.8 Å². The molecule has 0 radical (unpaired) electrons. The van der Waals surface area contributed by atoms with Crippen molar-refractivity contribution in [3.05, 3.63) is 51.8 Å². The van der Waals surface area contributed by atoms with Crippen molar-refractivity contribution in [3.8, 4) is 0 Å². The highest BCUT2D eigenvalue weighted by molar-refractivity contribution is 7.98. The van der Waals surface area contributed by atoms with Crippen molar-refractivity contribution in [1.29, 1.82) is 0 Å². The summed E-state index contributed by atoms with van der Waals surface area (Å²) in [6.45, 7) is 8.61. The molecule has 0 spiro atoms. The van der Waals surface area contributed by atoms with Gasteiger partial charge in [0.05, 0.1) is 5.52 Å². The average Bonchev–Trinajstić information content (AvgIpc) is 3.11. The van der Waals surface area contributed by atoms with E-state index < -0.39 is 13.7 Å². The van der Waals surface area contributed by atoms with Gasteiger partial charge in [-0.1, -0.05) is 31.4 Å². The first kappa shape index (κ1) is 23.7. The van der Waals surface area contributed by atoms with Crippen molar-refractivity contribution in [2.24, 2.45) is 0 Å². The Morgan fingerprint density at radius 3 is 2.88 bits per heavy atom. The third-order valence-corrected chi connectivity index (χ3v) is 7.57. The molecular weight excluding hydrogens is 478 g/mol. The van der Waals surface area contributed by atoms with Crippen LogP contribution in [-0.4, -0.2) is 40.5 Å². The van der Waals surface area contributed by atoms with Gasteiger partial charge in [-0.25, -0.2) is 19.7 Å². The van der Waals surface area contributed by atoms with Crippen LogP contribution in [0, 0.1) is 0 Å². The molecule has 8 nitrogen and oxygen atoms in total. The van der Waals surface area contributed by atoms with Gasteiger partial charge in [0, 0.05) is 45.1 Å². The first-order valence-corrected chi connectivity index (χ1v) is 15.9. The number of fused-ring (bicyclic) bond motifs is 2. The minimum atomic E-state index is -1.15. The van der Waals surface area contributed by atoms with Gasteiger partial charge in [-0.15, -0.1) is 0 Å². The van der Waals surface area contributed by atoms with Crippen LogP contribution in [0.4, 0.5) is 5.82 Å². The maximum Gasteiger partial charge on any atom is 0.350 e. The van der Waals surface area contributed by atoms with Crippen LogP contribution in [0.15, 0.2) is 45.0 Å². The molecular formula is C22H26ClN5O3SSi. The van der Waals surface area contributed by atoms with E-state index in [-0.39, 0.29) is 10.6 Å². The zero-order chi connectivity index (χ0) is 23.6. The van der Waals surface area contributed by atoms with Gasteiger partial charge in [0.15, 0.2) is 10.4 Å². The lowest BCUT2D eigenvalue weighted by Gasteiger charge is -2.15. The SMILES string of the molecule is CSc1nc(NCc2cn(COCC[Si](C)(C)C)c3ncccc23)c2c(=O)oc(Cl)cc2n1. The maximum atomic E-state index is 12.5. The van der Waals surface area contributed by atoms with Crippen molar-refractivity contribution in [2.45, 2.75) is 44.1 Å². The first-order chi connectivity index (χ1) is 15.7. The highest BCUT2D eigenvalue weighted by Crippen LogP contribution is 2.25. The number of aromatic nitrogens is 4. The summed E-state index contributed by atoms with van der Waals surface area (Å²) in [4.78, 5) is 25.9. The summed E-state index contributed by atoms with van der Waals surface area (Å²) in [6, 6.07) is 6.57. The van der Waals surface area contributed by atoms with E-state index in [9.17, 15) is 4.79 Å². The summed E-state index contributed by atoms with van der Waals surface area (Å²) in [5, 5.41) is 5.10. The summed E-state index contributed by atoms with van der Waals surface area (Å²) in [6.07, 6.45) is 5.67. The van der Waals surface area contributed by atoms with Gasteiger partial charge in [0.2, 0.25) is 0 Å². The third kappa shape index (κ3) is 5.57. The predicted octanol–water partition coefficient (Wildman–Crippen LogP) is 5.23. The van der Waals surface area contributed by atoms with Crippen LogP contribution in [0.3, 0.4) is 0 Å². The van der Waals surface area contributed by atoms with Crippen LogP contribution >= 0.6 is 23.4 Å². The minimum absolute atomic E-state index is 0.00697. The van der Waals surface area contributed by atoms with Gasteiger partial charge in [-0.3, -0.25) is 0 Å². The smallest absolute Gasteiger partial charge is 0.350 e. The van der Waals surface area contributed by atoms with E-state index in [1.807, 2.05) is 29.2 Å². The van der Waals surface area contributed by atoms with Crippen LogP contribution in [0.1, 0.15) is 5.56 Å². The van der Waals surface area contributed by atoms with Crippen LogP contribution < -0.4 is 10.9 Å². The number of anilines is 1. The molecule has 0 amide bonds. The molecule has 0 saturated carbocycles. The molecule has 4 rings (SSSR count). The summed E-state index contributed by atoms with van der Waals surface area (Å²) in [5.41, 5.74) is 1.74. The quantitative estimate of drug-likeness (QED) is 0.143. The molecule has 4 aromatic heterocycles.